The summed E-state index contributed by atoms with van der Waals surface area (Å²) >= 11 is 0. The molecule has 1 aromatic heterocycles. The van der Waals surface area contributed by atoms with E-state index in [1.54, 1.807) is 6.92 Å². The van der Waals surface area contributed by atoms with E-state index in [0.29, 0.717) is 49.3 Å². The number of alkyl halides is 3. The van der Waals surface area contributed by atoms with Gasteiger partial charge in [-0.1, -0.05) is 18.2 Å². The molecule has 2 aliphatic heterocycles. The molecule has 34 heavy (non-hydrogen) atoms. The molecular weight excluding hydrogens is 449 g/mol. The van der Waals surface area contributed by atoms with Crippen molar-refractivity contribution in [3.63, 3.8) is 0 Å². The molecule has 0 saturated carbocycles. The van der Waals surface area contributed by atoms with Gasteiger partial charge in [0.2, 0.25) is 0 Å². The zero-order valence-corrected chi connectivity index (χ0v) is 18.7. The smallest absolute Gasteiger partial charge is 0.417 e. The number of carbonyl (C=O) groups excluding carboxylic acids is 1. The Morgan fingerprint density at radius 1 is 1.15 bits per heavy atom. The molecule has 2 fully saturated rings. The molecule has 0 spiro atoms. The summed E-state index contributed by atoms with van der Waals surface area (Å²) in [5.41, 5.74) is -0.897. The van der Waals surface area contributed by atoms with Gasteiger partial charge in [-0.3, -0.25) is 4.79 Å². The Balaban J connectivity index is 1.40. The third kappa shape index (κ3) is 4.36. The third-order valence-electron chi connectivity index (χ3n) is 6.74. The van der Waals surface area contributed by atoms with Crippen molar-refractivity contribution in [3.05, 3.63) is 63.4 Å². The van der Waals surface area contributed by atoms with Gasteiger partial charge < -0.3 is 19.4 Å². The van der Waals surface area contributed by atoms with Crippen LogP contribution in [0.5, 0.6) is 0 Å². The summed E-state index contributed by atoms with van der Waals surface area (Å²) in [7, 11) is 0. The number of halogens is 3. The van der Waals surface area contributed by atoms with Gasteiger partial charge in [-0.15, -0.1) is 0 Å². The van der Waals surface area contributed by atoms with Gasteiger partial charge in [-0.05, 0) is 43.4 Å². The van der Waals surface area contributed by atoms with Crippen molar-refractivity contribution in [2.45, 2.75) is 57.0 Å². The lowest BCUT2D eigenvalue weighted by Crippen LogP contribution is -2.55. The summed E-state index contributed by atoms with van der Waals surface area (Å²) in [4.78, 5) is 27.0. The molecule has 1 aromatic carbocycles. The fourth-order valence-electron chi connectivity index (χ4n) is 5.19. The number of hydrogen-bond donors (Lipinski definition) is 1. The third-order valence-corrected chi connectivity index (χ3v) is 6.74. The fraction of sp³-hybridized carbons (Fsp3) is 0.440. The maximum atomic E-state index is 13.6. The first kappa shape index (κ1) is 22.7. The summed E-state index contributed by atoms with van der Waals surface area (Å²) in [6, 6.07) is 6.93. The van der Waals surface area contributed by atoms with Crippen LogP contribution >= 0.6 is 0 Å². The van der Waals surface area contributed by atoms with Gasteiger partial charge in [0.05, 0.1) is 5.56 Å². The van der Waals surface area contributed by atoms with Gasteiger partial charge in [0, 0.05) is 49.3 Å². The predicted octanol–water partition coefficient (Wildman–Crippen LogP) is 3.98. The first-order chi connectivity index (χ1) is 16.2. The van der Waals surface area contributed by atoms with E-state index in [-0.39, 0.29) is 22.8 Å². The minimum atomic E-state index is -4.56. The number of likely N-dealkylation sites (tertiary alicyclic amines) is 1. The number of piperazine rings is 1. The number of nitrogens with one attached hydrogen (secondary N) is 1. The minimum absolute atomic E-state index is 0.0613. The predicted molar refractivity (Wildman–Crippen MR) is 119 cm³/mol. The molecule has 1 aliphatic carbocycles. The lowest BCUT2D eigenvalue weighted by molar-refractivity contribution is -0.141. The molecule has 2 unspecified atom stereocenters. The van der Waals surface area contributed by atoms with E-state index >= 15 is 0 Å². The molecule has 6 nitrogen and oxygen atoms in total. The van der Waals surface area contributed by atoms with Crippen LogP contribution in [0, 0.1) is 0 Å². The molecule has 5 rings (SSSR count). The zero-order chi connectivity index (χ0) is 24.0. The lowest BCUT2D eigenvalue weighted by Gasteiger charge is -2.34. The first-order valence-electron chi connectivity index (χ1n) is 11.4. The molecule has 3 heterocycles. The summed E-state index contributed by atoms with van der Waals surface area (Å²) in [5.74, 6) is 0.538. The highest BCUT2D eigenvalue weighted by atomic mass is 19.4. The Labute approximate surface area is 194 Å². The van der Waals surface area contributed by atoms with Crippen LogP contribution < -0.4 is 10.9 Å². The van der Waals surface area contributed by atoms with Gasteiger partial charge in [-0.25, -0.2) is 4.79 Å². The Bertz CT molecular complexity index is 1190. The maximum absolute atomic E-state index is 13.6. The van der Waals surface area contributed by atoms with Gasteiger partial charge in [0.15, 0.2) is 6.10 Å². The summed E-state index contributed by atoms with van der Waals surface area (Å²) in [6.45, 7) is 3.00. The molecule has 0 radical (unpaired) electrons. The number of fused-ring (bicyclic) bond motifs is 3. The van der Waals surface area contributed by atoms with Gasteiger partial charge >= 0.3 is 11.8 Å². The monoisotopic (exact) mass is 474 g/mol. The SMILES string of the molecule is C[C@@H](OC1=Cc2oc(=O)cc(-c3ccccc3C(F)(F)F)c2CC1)C(=O)N1CC2CCC(C1)N2. The number of hydrogen-bond acceptors (Lipinski definition) is 5. The molecule has 3 atom stereocenters. The van der Waals surface area contributed by atoms with E-state index < -0.39 is 23.5 Å². The van der Waals surface area contributed by atoms with Crippen LogP contribution in [0.4, 0.5) is 13.2 Å². The number of benzene rings is 1. The maximum Gasteiger partial charge on any atom is 0.417 e. The van der Waals surface area contributed by atoms with Gasteiger partial charge in [-0.2, -0.15) is 13.2 Å². The van der Waals surface area contributed by atoms with E-state index in [2.05, 4.69) is 5.32 Å². The van der Waals surface area contributed by atoms with E-state index in [1.807, 2.05) is 4.90 Å². The molecule has 2 aromatic rings. The van der Waals surface area contributed by atoms with Crippen LogP contribution in [-0.4, -0.2) is 42.1 Å². The van der Waals surface area contributed by atoms with Crippen LogP contribution in [0.1, 0.15) is 43.1 Å². The second kappa shape index (κ2) is 8.61. The lowest BCUT2D eigenvalue weighted by atomic mass is 9.90. The zero-order valence-electron chi connectivity index (χ0n) is 18.7. The number of ether oxygens (including phenoxy) is 1. The van der Waals surface area contributed by atoms with Crippen LogP contribution in [-0.2, 0) is 22.1 Å². The van der Waals surface area contributed by atoms with Crippen LogP contribution in [0.15, 0.2) is 45.3 Å². The number of nitrogens with zero attached hydrogens (tertiary/aromatic N) is 1. The second-order valence-electron chi connectivity index (χ2n) is 9.12. The Hall–Kier alpha value is -3.07. The quantitative estimate of drug-likeness (QED) is 0.726. The standard InChI is InChI=1S/C25H25F3N2O4/c1-14(24(32)30-12-15-6-7-16(13-30)29-15)33-17-8-9-19-20(11-23(31)34-22(19)10-17)18-4-2-3-5-21(18)25(26,27)28/h2-5,10-11,14-16,29H,6-9,12-13H2,1H3/t14-,15?,16?/m1/s1. The highest BCUT2D eigenvalue weighted by Gasteiger charge is 2.37. The van der Waals surface area contributed by atoms with Crippen molar-refractivity contribution in [1.82, 2.24) is 10.2 Å². The van der Waals surface area contributed by atoms with E-state index in [4.69, 9.17) is 9.15 Å². The minimum Gasteiger partial charge on any atom is -0.485 e. The van der Waals surface area contributed by atoms with Crippen molar-refractivity contribution < 1.29 is 27.1 Å². The van der Waals surface area contributed by atoms with Crippen molar-refractivity contribution in [3.8, 4) is 11.1 Å². The van der Waals surface area contributed by atoms with Gasteiger partial charge in [0.1, 0.15) is 11.5 Å². The van der Waals surface area contributed by atoms with Crippen LogP contribution in [0.2, 0.25) is 0 Å². The molecule has 3 aliphatic rings. The largest absolute Gasteiger partial charge is 0.485 e. The van der Waals surface area contributed by atoms with Crippen molar-refractivity contribution >= 4 is 12.0 Å². The Morgan fingerprint density at radius 2 is 1.85 bits per heavy atom. The second-order valence-corrected chi connectivity index (χ2v) is 9.12. The van der Waals surface area contributed by atoms with Gasteiger partial charge in [0.25, 0.3) is 5.91 Å². The van der Waals surface area contributed by atoms with Crippen molar-refractivity contribution in [2.24, 2.45) is 0 Å². The summed E-state index contributed by atoms with van der Waals surface area (Å²) in [5, 5.41) is 3.49. The average Bonchev–Trinajstić information content (AvgIpc) is 3.14. The molecule has 1 amide bonds. The van der Waals surface area contributed by atoms with Crippen molar-refractivity contribution in [1.29, 1.82) is 0 Å². The normalized spacial score (nSPS) is 22.7. The fourth-order valence-corrected chi connectivity index (χ4v) is 5.19. The molecule has 2 bridgehead atoms. The Kier molecular flexibility index (Phi) is 5.75. The highest BCUT2D eigenvalue weighted by molar-refractivity contribution is 5.81. The molecule has 9 heteroatoms. The van der Waals surface area contributed by atoms with Crippen LogP contribution in [0.25, 0.3) is 17.2 Å². The number of amides is 1. The van der Waals surface area contributed by atoms with Crippen molar-refractivity contribution in [2.75, 3.05) is 13.1 Å². The molecule has 1 N–H and O–H groups in total. The van der Waals surface area contributed by atoms with E-state index in [0.717, 1.165) is 25.0 Å². The Morgan fingerprint density at radius 3 is 2.56 bits per heavy atom. The van der Waals surface area contributed by atoms with Crippen LogP contribution in [0.3, 0.4) is 0 Å². The van der Waals surface area contributed by atoms with E-state index in [1.165, 1.54) is 24.3 Å². The van der Waals surface area contributed by atoms with E-state index in [9.17, 15) is 22.8 Å². The number of carbonyl (C=O) groups is 1. The average molecular weight is 474 g/mol. The number of allylic oxidation sites excluding steroid dienone is 1. The summed E-state index contributed by atoms with van der Waals surface area (Å²) in [6.07, 6.45) is -0.930. The summed E-state index contributed by atoms with van der Waals surface area (Å²) < 4.78 is 52.0. The molecule has 2 saturated heterocycles. The number of rotatable bonds is 4. The molecule has 180 valence electrons. The topological polar surface area (TPSA) is 71.8 Å². The molecular formula is C25H25F3N2O4. The first-order valence-corrected chi connectivity index (χ1v) is 11.4. The highest BCUT2D eigenvalue weighted by Crippen LogP contribution is 2.40.